The van der Waals surface area contributed by atoms with Gasteiger partial charge in [0.1, 0.15) is 17.6 Å². The second-order valence-electron chi connectivity index (χ2n) is 5.62. The fourth-order valence-corrected chi connectivity index (χ4v) is 2.78. The summed E-state index contributed by atoms with van der Waals surface area (Å²) in [5.41, 5.74) is 1.87. The van der Waals surface area contributed by atoms with Crippen molar-refractivity contribution in [1.82, 2.24) is 0 Å². The number of aromatic hydroxyl groups is 1. The van der Waals surface area contributed by atoms with Gasteiger partial charge in [-0.25, -0.2) is 0 Å². The average molecular weight is 331 g/mol. The standard InChI is InChI=1S/C19H13N3O3/c20-10-13-3-1-12(2-4-13)7-16-18(24)9-19(25)22(16)15-6-5-14(11-21)17(23)8-15/h1-6,8-9,16,23-24H,7H2. The third kappa shape index (κ3) is 3.01. The van der Waals surface area contributed by atoms with Gasteiger partial charge in [-0.2, -0.15) is 10.5 Å². The number of amides is 1. The Morgan fingerprint density at radius 2 is 1.76 bits per heavy atom. The first-order valence-corrected chi connectivity index (χ1v) is 7.49. The van der Waals surface area contributed by atoms with Gasteiger partial charge in [-0.3, -0.25) is 9.69 Å². The van der Waals surface area contributed by atoms with Crippen molar-refractivity contribution in [2.24, 2.45) is 0 Å². The SMILES string of the molecule is N#Cc1ccc(CC2C(O)=CC(=O)N2c2ccc(C#N)c(O)c2)cc1. The highest BCUT2D eigenvalue weighted by Gasteiger charge is 2.34. The van der Waals surface area contributed by atoms with Gasteiger partial charge in [-0.15, -0.1) is 0 Å². The minimum Gasteiger partial charge on any atom is -0.510 e. The Labute approximate surface area is 144 Å². The Morgan fingerprint density at radius 1 is 1.04 bits per heavy atom. The number of hydrogen-bond donors (Lipinski definition) is 2. The number of aliphatic hydroxyl groups excluding tert-OH is 1. The first-order chi connectivity index (χ1) is 12.0. The molecule has 0 radical (unpaired) electrons. The Hall–Kier alpha value is -3.77. The molecule has 0 fully saturated rings. The Bertz CT molecular complexity index is 949. The summed E-state index contributed by atoms with van der Waals surface area (Å²) in [4.78, 5) is 13.6. The van der Waals surface area contributed by atoms with Gasteiger partial charge in [0.15, 0.2) is 0 Å². The van der Waals surface area contributed by atoms with Gasteiger partial charge in [-0.1, -0.05) is 12.1 Å². The van der Waals surface area contributed by atoms with Crippen LogP contribution >= 0.6 is 0 Å². The molecule has 0 bridgehead atoms. The van der Waals surface area contributed by atoms with Crippen LogP contribution in [0.15, 0.2) is 54.3 Å². The molecule has 1 amide bonds. The van der Waals surface area contributed by atoms with Crippen molar-refractivity contribution in [2.75, 3.05) is 4.90 Å². The van der Waals surface area contributed by atoms with E-state index in [0.717, 1.165) is 11.6 Å². The van der Waals surface area contributed by atoms with Crippen molar-refractivity contribution in [1.29, 1.82) is 10.5 Å². The first-order valence-electron chi connectivity index (χ1n) is 7.49. The van der Waals surface area contributed by atoms with Crippen LogP contribution in [0.1, 0.15) is 16.7 Å². The van der Waals surface area contributed by atoms with Crippen molar-refractivity contribution in [3.8, 4) is 17.9 Å². The molecule has 6 nitrogen and oxygen atoms in total. The van der Waals surface area contributed by atoms with Gasteiger partial charge in [0.25, 0.3) is 5.91 Å². The second kappa shape index (κ2) is 6.38. The summed E-state index contributed by atoms with van der Waals surface area (Å²) in [5.74, 6) is -0.699. The van der Waals surface area contributed by atoms with Crippen LogP contribution in [-0.2, 0) is 11.2 Å². The molecule has 1 aliphatic heterocycles. The maximum atomic E-state index is 12.3. The quantitative estimate of drug-likeness (QED) is 0.898. The molecule has 2 aromatic carbocycles. The average Bonchev–Trinajstić information content (AvgIpc) is 2.89. The highest BCUT2D eigenvalue weighted by Crippen LogP contribution is 2.31. The van der Waals surface area contributed by atoms with Crippen molar-refractivity contribution in [2.45, 2.75) is 12.5 Å². The van der Waals surface area contributed by atoms with E-state index < -0.39 is 11.9 Å². The van der Waals surface area contributed by atoms with E-state index in [9.17, 15) is 15.0 Å². The molecule has 3 rings (SSSR count). The van der Waals surface area contributed by atoms with Crippen molar-refractivity contribution >= 4 is 11.6 Å². The number of carbonyl (C=O) groups is 1. The Balaban J connectivity index is 1.92. The molecular weight excluding hydrogens is 318 g/mol. The van der Waals surface area contributed by atoms with Crippen LogP contribution in [0.3, 0.4) is 0 Å². The van der Waals surface area contributed by atoms with E-state index in [1.807, 2.05) is 12.1 Å². The zero-order chi connectivity index (χ0) is 18.0. The Kier molecular flexibility index (Phi) is 4.11. The second-order valence-corrected chi connectivity index (χ2v) is 5.62. The van der Waals surface area contributed by atoms with Gasteiger partial charge in [0.2, 0.25) is 0 Å². The number of phenolic OH excluding ortho intramolecular Hbond substituents is 1. The number of anilines is 1. The summed E-state index contributed by atoms with van der Waals surface area (Å²) in [5, 5.41) is 37.8. The van der Waals surface area contributed by atoms with E-state index in [2.05, 4.69) is 0 Å². The minimum absolute atomic E-state index is 0.0711. The third-order valence-electron chi connectivity index (χ3n) is 4.05. The van der Waals surface area contributed by atoms with E-state index in [-0.39, 0.29) is 17.1 Å². The van der Waals surface area contributed by atoms with Crippen LogP contribution in [0.4, 0.5) is 5.69 Å². The molecule has 2 aromatic rings. The smallest absolute Gasteiger partial charge is 0.255 e. The van der Waals surface area contributed by atoms with Gasteiger partial charge in [0.05, 0.1) is 23.2 Å². The van der Waals surface area contributed by atoms with Crippen molar-refractivity contribution in [3.05, 3.63) is 71.0 Å². The topological polar surface area (TPSA) is 108 Å². The van der Waals surface area contributed by atoms with E-state index in [1.54, 1.807) is 30.3 Å². The fraction of sp³-hybridized carbons (Fsp3) is 0.105. The number of nitriles is 2. The summed E-state index contributed by atoms with van der Waals surface area (Å²) in [6, 6.07) is 14.4. The normalized spacial score (nSPS) is 16.2. The number of carbonyl (C=O) groups excluding carboxylic acids is 1. The molecule has 6 heteroatoms. The largest absolute Gasteiger partial charge is 0.510 e. The van der Waals surface area contributed by atoms with Gasteiger partial charge in [-0.05, 0) is 29.8 Å². The zero-order valence-corrected chi connectivity index (χ0v) is 13.0. The zero-order valence-electron chi connectivity index (χ0n) is 13.0. The van der Waals surface area contributed by atoms with E-state index in [0.29, 0.717) is 17.7 Å². The van der Waals surface area contributed by atoms with Crippen LogP contribution in [0.25, 0.3) is 0 Å². The number of benzene rings is 2. The molecule has 2 N–H and O–H groups in total. The molecule has 122 valence electrons. The molecular formula is C19H13N3O3. The number of hydrogen-bond acceptors (Lipinski definition) is 5. The number of phenols is 1. The van der Waals surface area contributed by atoms with Crippen LogP contribution in [0.2, 0.25) is 0 Å². The number of nitrogens with zero attached hydrogens (tertiary/aromatic N) is 3. The van der Waals surface area contributed by atoms with Crippen LogP contribution in [-0.4, -0.2) is 22.2 Å². The minimum atomic E-state index is -0.618. The molecule has 1 heterocycles. The monoisotopic (exact) mass is 331 g/mol. The number of aliphatic hydroxyl groups is 1. The van der Waals surface area contributed by atoms with E-state index >= 15 is 0 Å². The molecule has 0 spiro atoms. The van der Waals surface area contributed by atoms with Gasteiger partial charge < -0.3 is 10.2 Å². The highest BCUT2D eigenvalue weighted by molar-refractivity contribution is 6.05. The number of rotatable bonds is 3. The Morgan fingerprint density at radius 3 is 2.36 bits per heavy atom. The molecule has 0 aromatic heterocycles. The lowest BCUT2D eigenvalue weighted by Crippen LogP contribution is -2.37. The molecule has 0 saturated heterocycles. The lowest BCUT2D eigenvalue weighted by molar-refractivity contribution is -0.113. The van der Waals surface area contributed by atoms with Crippen LogP contribution in [0, 0.1) is 22.7 Å². The maximum absolute atomic E-state index is 12.3. The van der Waals surface area contributed by atoms with Crippen LogP contribution in [0.5, 0.6) is 5.75 Å². The molecule has 1 unspecified atom stereocenters. The lowest BCUT2D eigenvalue weighted by Gasteiger charge is -2.26. The summed E-state index contributed by atoms with van der Waals surface area (Å²) in [6.45, 7) is 0. The van der Waals surface area contributed by atoms with Crippen molar-refractivity contribution < 1.29 is 15.0 Å². The van der Waals surface area contributed by atoms with Crippen LogP contribution < -0.4 is 4.90 Å². The first kappa shape index (κ1) is 16.1. The molecule has 0 aliphatic carbocycles. The summed E-state index contributed by atoms with van der Waals surface area (Å²) < 4.78 is 0. The predicted octanol–water partition coefficient (Wildman–Crippen LogP) is 2.54. The molecule has 1 aliphatic rings. The summed E-state index contributed by atoms with van der Waals surface area (Å²) in [7, 11) is 0. The third-order valence-corrected chi connectivity index (χ3v) is 4.05. The van der Waals surface area contributed by atoms with Gasteiger partial charge >= 0.3 is 0 Å². The lowest BCUT2D eigenvalue weighted by atomic mass is 10.0. The molecule has 25 heavy (non-hydrogen) atoms. The molecule has 0 saturated carbocycles. The molecule has 1 atom stereocenters. The summed E-state index contributed by atoms with van der Waals surface area (Å²) >= 11 is 0. The van der Waals surface area contributed by atoms with E-state index in [4.69, 9.17) is 10.5 Å². The fourth-order valence-electron chi connectivity index (χ4n) is 2.78. The maximum Gasteiger partial charge on any atom is 0.255 e. The van der Waals surface area contributed by atoms with Crippen molar-refractivity contribution in [3.63, 3.8) is 0 Å². The van der Waals surface area contributed by atoms with E-state index in [1.165, 1.54) is 17.0 Å². The van der Waals surface area contributed by atoms with Gasteiger partial charge in [0, 0.05) is 24.3 Å². The highest BCUT2D eigenvalue weighted by atomic mass is 16.3. The predicted molar refractivity (Wildman–Crippen MR) is 89.7 cm³/mol. The summed E-state index contributed by atoms with van der Waals surface area (Å²) in [6.07, 6.45) is 1.49.